The van der Waals surface area contributed by atoms with Crippen LogP contribution in [0.5, 0.6) is 0 Å². The lowest BCUT2D eigenvalue weighted by atomic mass is 9.83. The smallest absolute Gasteiger partial charge is 0.153 e. The van der Waals surface area contributed by atoms with Gasteiger partial charge in [0, 0.05) is 24.3 Å². The van der Waals surface area contributed by atoms with Crippen molar-refractivity contribution in [2.75, 3.05) is 25.0 Å². The second-order valence-corrected chi connectivity index (χ2v) is 9.47. The number of azo groups is 1. The highest BCUT2D eigenvalue weighted by Crippen LogP contribution is 2.37. The molecule has 0 bridgehead atoms. The van der Waals surface area contributed by atoms with Gasteiger partial charge in [-0.1, -0.05) is 6.42 Å². The van der Waals surface area contributed by atoms with Crippen LogP contribution in [-0.2, 0) is 12.8 Å². The number of hydrogen-bond donors (Lipinski definition) is 1. The molecule has 4 nitrogen and oxygen atoms in total. The second-order valence-electron chi connectivity index (χ2n) is 9.47. The molecule has 6 heteroatoms. The largest absolute Gasteiger partial charge is 0.384 e. The number of benzene rings is 2. The maximum Gasteiger partial charge on any atom is 0.153 e. The molecule has 0 saturated carbocycles. The van der Waals surface area contributed by atoms with E-state index >= 15 is 0 Å². The van der Waals surface area contributed by atoms with Crippen molar-refractivity contribution >= 4 is 17.1 Å². The fraction of sp³-hybridized carbons (Fsp3) is 0.538. The third kappa shape index (κ3) is 4.56. The zero-order valence-corrected chi connectivity index (χ0v) is 18.6. The van der Waals surface area contributed by atoms with Crippen molar-refractivity contribution in [1.82, 2.24) is 4.90 Å². The number of anilines is 1. The highest BCUT2D eigenvalue weighted by atomic mass is 19.1. The zero-order valence-electron chi connectivity index (χ0n) is 18.6. The topological polar surface area (TPSA) is 40.0 Å². The molecule has 2 aliphatic heterocycles. The van der Waals surface area contributed by atoms with Gasteiger partial charge in [0.15, 0.2) is 5.82 Å². The fourth-order valence-electron chi connectivity index (χ4n) is 5.83. The van der Waals surface area contributed by atoms with Gasteiger partial charge in [0.25, 0.3) is 0 Å². The molecule has 3 aliphatic rings. The minimum atomic E-state index is -0.690. The first kappa shape index (κ1) is 21.5. The molecule has 0 amide bonds. The van der Waals surface area contributed by atoms with Crippen LogP contribution in [0.25, 0.3) is 0 Å². The molecule has 2 heterocycles. The highest BCUT2D eigenvalue weighted by molar-refractivity contribution is 5.64. The molecule has 2 saturated heterocycles. The summed E-state index contributed by atoms with van der Waals surface area (Å²) in [7, 11) is 0. The average molecular weight is 439 g/mol. The summed E-state index contributed by atoms with van der Waals surface area (Å²) in [5.41, 5.74) is 4.64. The SMILES string of the molecule is Fc1ccc(N=Nc2ccc(NC[C@H]3CCCN4CCCC[C@@H]34)c3c2CCCC3)c(F)c1. The summed E-state index contributed by atoms with van der Waals surface area (Å²) in [6.45, 7) is 3.56. The van der Waals surface area contributed by atoms with Crippen LogP contribution >= 0.6 is 0 Å². The predicted octanol–water partition coefficient (Wildman–Crippen LogP) is 6.94. The summed E-state index contributed by atoms with van der Waals surface area (Å²) >= 11 is 0. The van der Waals surface area contributed by atoms with Crippen molar-refractivity contribution in [1.29, 1.82) is 0 Å². The first-order valence-corrected chi connectivity index (χ1v) is 12.2. The Kier molecular flexibility index (Phi) is 6.49. The molecule has 1 N–H and O–H groups in total. The minimum absolute atomic E-state index is 0.0625. The summed E-state index contributed by atoms with van der Waals surface area (Å²) in [6.07, 6.45) is 11.0. The molecule has 0 spiro atoms. The molecule has 2 fully saturated rings. The minimum Gasteiger partial charge on any atom is -0.384 e. The number of halogens is 2. The lowest BCUT2D eigenvalue weighted by Crippen LogP contribution is -2.49. The summed E-state index contributed by atoms with van der Waals surface area (Å²) in [5.74, 6) is -0.585. The zero-order chi connectivity index (χ0) is 21.9. The average Bonchev–Trinajstić information content (AvgIpc) is 2.82. The van der Waals surface area contributed by atoms with Gasteiger partial charge in [0.1, 0.15) is 11.5 Å². The highest BCUT2D eigenvalue weighted by Gasteiger charge is 2.32. The van der Waals surface area contributed by atoms with Gasteiger partial charge < -0.3 is 10.2 Å². The van der Waals surface area contributed by atoms with E-state index in [0.717, 1.165) is 43.6 Å². The Morgan fingerprint density at radius 3 is 2.50 bits per heavy atom. The molecule has 1 aliphatic carbocycles. The monoisotopic (exact) mass is 438 g/mol. The Morgan fingerprint density at radius 2 is 1.62 bits per heavy atom. The van der Waals surface area contributed by atoms with Crippen molar-refractivity contribution in [3.8, 4) is 0 Å². The molecule has 5 rings (SSSR count). The quantitative estimate of drug-likeness (QED) is 0.514. The Hall–Kier alpha value is -2.34. The maximum atomic E-state index is 13.9. The van der Waals surface area contributed by atoms with Crippen LogP contribution in [0.3, 0.4) is 0 Å². The van der Waals surface area contributed by atoms with E-state index in [4.69, 9.17) is 0 Å². The van der Waals surface area contributed by atoms with Gasteiger partial charge in [-0.15, -0.1) is 5.11 Å². The van der Waals surface area contributed by atoms with Crippen molar-refractivity contribution in [3.05, 3.63) is 53.1 Å². The molecule has 0 aromatic heterocycles. The number of nitrogens with zero attached hydrogens (tertiary/aromatic N) is 3. The lowest BCUT2D eigenvalue weighted by Gasteiger charge is -2.44. The number of hydrogen-bond acceptors (Lipinski definition) is 4. The van der Waals surface area contributed by atoms with Gasteiger partial charge in [-0.3, -0.25) is 0 Å². The van der Waals surface area contributed by atoms with Crippen molar-refractivity contribution in [2.45, 2.75) is 63.8 Å². The fourth-order valence-corrected chi connectivity index (χ4v) is 5.83. The van der Waals surface area contributed by atoms with E-state index in [2.05, 4.69) is 26.5 Å². The molecule has 170 valence electrons. The van der Waals surface area contributed by atoms with E-state index in [1.54, 1.807) is 0 Å². The molecule has 0 radical (unpaired) electrons. The van der Waals surface area contributed by atoms with E-state index in [1.165, 1.54) is 80.6 Å². The Morgan fingerprint density at radius 1 is 0.844 bits per heavy atom. The number of fused-ring (bicyclic) bond motifs is 2. The van der Waals surface area contributed by atoms with Crippen LogP contribution in [-0.4, -0.2) is 30.6 Å². The van der Waals surface area contributed by atoms with Gasteiger partial charge in [-0.2, -0.15) is 5.11 Å². The van der Waals surface area contributed by atoms with Crippen LogP contribution in [0.15, 0.2) is 40.6 Å². The van der Waals surface area contributed by atoms with Gasteiger partial charge in [0.05, 0.1) is 5.69 Å². The number of nitrogens with one attached hydrogen (secondary N) is 1. The van der Waals surface area contributed by atoms with Crippen LogP contribution in [0.2, 0.25) is 0 Å². The third-order valence-electron chi connectivity index (χ3n) is 7.47. The molecule has 2 atom stereocenters. The van der Waals surface area contributed by atoms with Crippen LogP contribution < -0.4 is 5.32 Å². The van der Waals surface area contributed by atoms with Gasteiger partial charge in [-0.25, -0.2) is 8.78 Å². The van der Waals surface area contributed by atoms with E-state index in [1.807, 2.05) is 6.07 Å². The first-order valence-electron chi connectivity index (χ1n) is 12.2. The van der Waals surface area contributed by atoms with Crippen LogP contribution in [0, 0.1) is 17.6 Å². The molecule has 0 unspecified atom stereocenters. The molecule has 32 heavy (non-hydrogen) atoms. The van der Waals surface area contributed by atoms with E-state index < -0.39 is 11.6 Å². The Labute approximate surface area is 189 Å². The number of piperidine rings is 2. The van der Waals surface area contributed by atoms with Gasteiger partial charge >= 0.3 is 0 Å². The van der Waals surface area contributed by atoms with Crippen LogP contribution in [0.1, 0.15) is 56.1 Å². The second kappa shape index (κ2) is 9.65. The van der Waals surface area contributed by atoms with Crippen molar-refractivity contribution < 1.29 is 8.78 Å². The van der Waals surface area contributed by atoms with Gasteiger partial charge in [0.2, 0.25) is 0 Å². The normalized spacial score (nSPS) is 23.7. The van der Waals surface area contributed by atoms with Crippen molar-refractivity contribution in [3.63, 3.8) is 0 Å². The maximum absolute atomic E-state index is 13.9. The van der Waals surface area contributed by atoms with E-state index in [-0.39, 0.29) is 5.69 Å². The Balaban J connectivity index is 1.33. The van der Waals surface area contributed by atoms with Crippen molar-refractivity contribution in [2.24, 2.45) is 16.1 Å². The molecule has 2 aromatic rings. The molecular formula is C26H32F2N4. The molecular weight excluding hydrogens is 406 g/mol. The van der Waals surface area contributed by atoms with Gasteiger partial charge in [-0.05, 0) is 106 Å². The summed E-state index contributed by atoms with van der Waals surface area (Å²) < 4.78 is 27.1. The van der Waals surface area contributed by atoms with E-state index in [0.29, 0.717) is 5.92 Å². The Bertz CT molecular complexity index is 988. The lowest BCUT2D eigenvalue weighted by molar-refractivity contribution is 0.0649. The standard InChI is InChI=1S/C26H32F2N4/c27-19-10-11-25(22(28)16-19)31-30-24-13-12-23(20-7-1-2-8-21(20)24)29-17-18-6-5-15-32-14-4-3-9-26(18)32/h10-13,16,18,26,29H,1-9,14-15,17H2/t18-,26+/m1/s1. The first-order chi connectivity index (χ1) is 15.7. The third-order valence-corrected chi connectivity index (χ3v) is 7.47. The summed E-state index contributed by atoms with van der Waals surface area (Å²) in [6, 6.07) is 8.22. The summed E-state index contributed by atoms with van der Waals surface area (Å²) in [4.78, 5) is 2.72. The number of rotatable bonds is 5. The summed E-state index contributed by atoms with van der Waals surface area (Å²) in [5, 5.41) is 12.2. The van der Waals surface area contributed by atoms with Crippen LogP contribution in [0.4, 0.5) is 25.8 Å². The molecule has 2 aromatic carbocycles. The predicted molar refractivity (Wildman–Crippen MR) is 124 cm³/mol. The van der Waals surface area contributed by atoms with E-state index in [9.17, 15) is 8.78 Å².